The zero-order valence-corrected chi connectivity index (χ0v) is 13.4. The maximum absolute atomic E-state index is 14.0. The Morgan fingerprint density at radius 2 is 2.20 bits per heavy atom. The van der Waals surface area contributed by atoms with Gasteiger partial charge in [0.05, 0.1) is 17.8 Å². The van der Waals surface area contributed by atoms with Crippen molar-refractivity contribution in [2.45, 2.75) is 30.6 Å². The summed E-state index contributed by atoms with van der Waals surface area (Å²) in [6.07, 6.45) is -1.46. The van der Waals surface area contributed by atoms with Crippen LogP contribution in [0.2, 0.25) is 0 Å². The molecule has 1 fully saturated rings. The van der Waals surface area contributed by atoms with E-state index in [1.165, 1.54) is 24.1 Å². The first kappa shape index (κ1) is 17.7. The SMILES string of the molecule is CNC1=NC(N)(c2cnn([C@@H]3CCNC[C@H]3F)c2)NC=C1C(F)(F)F. The lowest BCUT2D eigenvalue weighted by molar-refractivity contribution is -0.0872. The number of halogens is 4. The summed E-state index contributed by atoms with van der Waals surface area (Å²) in [4.78, 5) is 3.95. The predicted molar refractivity (Wildman–Crippen MR) is 83.3 cm³/mol. The molecule has 0 aromatic carbocycles. The molecule has 1 aromatic heterocycles. The number of aliphatic imine (C=N–C) groups is 1. The van der Waals surface area contributed by atoms with Gasteiger partial charge >= 0.3 is 6.18 Å². The lowest BCUT2D eigenvalue weighted by atomic mass is 10.1. The highest BCUT2D eigenvalue weighted by Crippen LogP contribution is 2.31. The fourth-order valence-electron chi connectivity index (χ4n) is 2.89. The van der Waals surface area contributed by atoms with Gasteiger partial charge in [-0.25, -0.2) is 9.38 Å². The van der Waals surface area contributed by atoms with Crippen molar-refractivity contribution in [3.63, 3.8) is 0 Å². The van der Waals surface area contributed by atoms with E-state index in [0.29, 0.717) is 18.5 Å². The van der Waals surface area contributed by atoms with Crippen LogP contribution in [-0.4, -0.2) is 48.1 Å². The number of nitrogens with zero attached hydrogens (tertiary/aromatic N) is 3. The van der Waals surface area contributed by atoms with Gasteiger partial charge < -0.3 is 16.0 Å². The summed E-state index contributed by atoms with van der Waals surface area (Å²) in [5, 5.41) is 12.0. The van der Waals surface area contributed by atoms with Crippen molar-refractivity contribution in [1.29, 1.82) is 0 Å². The molecule has 7 nitrogen and oxygen atoms in total. The number of rotatable bonds is 2. The Kier molecular flexibility index (Phi) is 4.45. The number of nitrogens with one attached hydrogen (secondary N) is 3. The molecule has 25 heavy (non-hydrogen) atoms. The predicted octanol–water partition coefficient (Wildman–Crippen LogP) is 0.492. The summed E-state index contributed by atoms with van der Waals surface area (Å²) >= 11 is 0. The van der Waals surface area contributed by atoms with Crippen LogP contribution in [0.5, 0.6) is 0 Å². The molecule has 138 valence electrons. The summed E-state index contributed by atoms with van der Waals surface area (Å²) in [5.74, 6) is -2.00. The highest BCUT2D eigenvalue weighted by Gasteiger charge is 2.42. The maximum Gasteiger partial charge on any atom is 0.421 e. The van der Waals surface area contributed by atoms with Crippen LogP contribution in [0.15, 0.2) is 29.2 Å². The third-order valence-electron chi connectivity index (χ3n) is 4.28. The van der Waals surface area contributed by atoms with Gasteiger partial charge in [-0.15, -0.1) is 0 Å². The monoisotopic (exact) mass is 361 g/mol. The molecule has 0 amide bonds. The molecular weight excluding hydrogens is 342 g/mol. The molecule has 5 N–H and O–H groups in total. The Balaban J connectivity index is 1.87. The van der Waals surface area contributed by atoms with Crippen LogP contribution in [0.25, 0.3) is 0 Å². The average molecular weight is 361 g/mol. The molecule has 1 unspecified atom stereocenters. The van der Waals surface area contributed by atoms with E-state index in [-0.39, 0.29) is 12.4 Å². The Labute approximate surface area is 141 Å². The minimum absolute atomic E-state index is 0.228. The van der Waals surface area contributed by atoms with Crippen molar-refractivity contribution in [3.8, 4) is 0 Å². The molecule has 0 aliphatic carbocycles. The van der Waals surface area contributed by atoms with E-state index in [2.05, 4.69) is 26.0 Å². The van der Waals surface area contributed by atoms with Crippen LogP contribution in [0.3, 0.4) is 0 Å². The normalized spacial score (nSPS) is 30.3. The van der Waals surface area contributed by atoms with E-state index in [9.17, 15) is 17.6 Å². The van der Waals surface area contributed by atoms with Crippen molar-refractivity contribution in [2.75, 3.05) is 20.1 Å². The van der Waals surface area contributed by atoms with Gasteiger partial charge in [0.2, 0.25) is 5.79 Å². The van der Waals surface area contributed by atoms with Crippen LogP contribution < -0.4 is 21.7 Å². The maximum atomic E-state index is 14.0. The Bertz CT molecular complexity index is 696. The fraction of sp³-hybridized carbons (Fsp3) is 0.571. The minimum atomic E-state index is -4.57. The second-order valence-corrected chi connectivity index (χ2v) is 5.96. The van der Waals surface area contributed by atoms with Crippen LogP contribution >= 0.6 is 0 Å². The molecule has 1 saturated heterocycles. The van der Waals surface area contributed by atoms with Gasteiger partial charge in [-0.1, -0.05) is 0 Å². The number of aromatic nitrogens is 2. The summed E-state index contributed by atoms with van der Waals surface area (Å²) in [5.41, 5.74) is 5.50. The molecule has 2 aliphatic rings. The number of hydrogen-bond acceptors (Lipinski definition) is 6. The lowest BCUT2D eigenvalue weighted by Gasteiger charge is -2.31. The Morgan fingerprint density at radius 3 is 2.84 bits per heavy atom. The fourth-order valence-corrected chi connectivity index (χ4v) is 2.89. The number of piperidine rings is 1. The van der Waals surface area contributed by atoms with Crippen molar-refractivity contribution < 1.29 is 17.6 Å². The largest absolute Gasteiger partial charge is 0.421 e. The van der Waals surface area contributed by atoms with E-state index in [1.807, 2.05) is 0 Å². The van der Waals surface area contributed by atoms with Gasteiger partial charge in [-0.2, -0.15) is 18.3 Å². The van der Waals surface area contributed by atoms with Crippen molar-refractivity contribution in [1.82, 2.24) is 25.7 Å². The van der Waals surface area contributed by atoms with Crippen LogP contribution in [0.4, 0.5) is 17.6 Å². The molecule has 1 aromatic rings. The third kappa shape index (κ3) is 3.33. The smallest absolute Gasteiger partial charge is 0.373 e. The first-order valence-electron chi connectivity index (χ1n) is 7.76. The zero-order chi connectivity index (χ0) is 18.2. The standard InChI is InChI=1S/C14H19F4N7/c1-20-12-9(13(16,17)18)5-22-14(19,24-12)8-4-23-25(7-8)11-2-3-21-6-10(11)15/h4-5,7,10-11,21-22H,2-3,6,19H2,1H3,(H,20,24)/t10-,11-,14?/m1/s1. The van der Waals surface area contributed by atoms with Gasteiger partial charge in [-0.05, 0) is 13.0 Å². The molecule has 3 heterocycles. The second kappa shape index (κ2) is 6.30. The molecule has 3 atom stereocenters. The van der Waals surface area contributed by atoms with Crippen LogP contribution in [-0.2, 0) is 5.79 Å². The summed E-state index contributed by atoms with van der Waals surface area (Å²) < 4.78 is 54.5. The van der Waals surface area contributed by atoms with Gasteiger partial charge in [0.25, 0.3) is 0 Å². The topological polar surface area (TPSA) is 92.3 Å². The van der Waals surface area contributed by atoms with Crippen molar-refractivity contribution in [2.24, 2.45) is 10.7 Å². The molecular formula is C14H19F4N7. The van der Waals surface area contributed by atoms with Gasteiger partial charge in [0, 0.05) is 26.0 Å². The molecule has 0 spiro atoms. The summed E-state index contributed by atoms with van der Waals surface area (Å²) in [7, 11) is 1.33. The number of hydrogen-bond donors (Lipinski definition) is 4. The van der Waals surface area contributed by atoms with E-state index in [0.717, 1.165) is 6.20 Å². The molecule has 0 radical (unpaired) electrons. The Hall–Kier alpha value is -2.14. The lowest BCUT2D eigenvalue weighted by Crippen LogP contribution is -2.52. The van der Waals surface area contributed by atoms with Crippen molar-refractivity contribution in [3.05, 3.63) is 29.7 Å². The molecule has 0 bridgehead atoms. The first-order valence-corrected chi connectivity index (χ1v) is 7.76. The Morgan fingerprint density at radius 1 is 1.44 bits per heavy atom. The molecule has 3 rings (SSSR count). The molecule has 2 aliphatic heterocycles. The van der Waals surface area contributed by atoms with Gasteiger partial charge in [-0.3, -0.25) is 10.4 Å². The van der Waals surface area contributed by atoms with Crippen LogP contribution in [0.1, 0.15) is 18.0 Å². The third-order valence-corrected chi connectivity index (χ3v) is 4.28. The molecule has 11 heteroatoms. The highest BCUT2D eigenvalue weighted by atomic mass is 19.4. The van der Waals surface area contributed by atoms with Gasteiger partial charge in [0.15, 0.2) is 0 Å². The van der Waals surface area contributed by atoms with Crippen LogP contribution in [0, 0.1) is 0 Å². The number of alkyl halides is 4. The summed E-state index contributed by atoms with van der Waals surface area (Å²) in [6.45, 7) is 0.887. The second-order valence-electron chi connectivity index (χ2n) is 5.96. The van der Waals surface area contributed by atoms with E-state index in [1.54, 1.807) is 0 Å². The van der Waals surface area contributed by atoms with E-state index < -0.39 is 29.7 Å². The number of likely N-dealkylation sites (N-methyl/N-ethyl adjacent to an activating group) is 1. The molecule has 0 saturated carbocycles. The quantitative estimate of drug-likeness (QED) is 0.576. The van der Waals surface area contributed by atoms with Gasteiger partial charge in [0.1, 0.15) is 17.6 Å². The first-order chi connectivity index (χ1) is 11.7. The number of nitrogens with two attached hydrogens (primary N) is 1. The van der Waals surface area contributed by atoms with E-state index >= 15 is 0 Å². The average Bonchev–Trinajstić information content (AvgIpc) is 3.04. The van der Waals surface area contributed by atoms with Crippen molar-refractivity contribution >= 4 is 5.84 Å². The zero-order valence-electron chi connectivity index (χ0n) is 13.4. The highest BCUT2D eigenvalue weighted by molar-refractivity contribution is 6.00. The van der Waals surface area contributed by atoms with E-state index in [4.69, 9.17) is 5.73 Å². The number of amidine groups is 1. The minimum Gasteiger partial charge on any atom is -0.373 e. The summed E-state index contributed by atoms with van der Waals surface area (Å²) in [6, 6.07) is -0.448.